The summed E-state index contributed by atoms with van der Waals surface area (Å²) >= 11 is 1.99. The normalized spacial score (nSPS) is 26.3. The molecule has 0 aromatic carbocycles. The Balaban J connectivity index is 2.03. The van der Waals surface area contributed by atoms with Crippen molar-refractivity contribution in [1.29, 1.82) is 5.26 Å². The molecule has 2 atom stereocenters. The van der Waals surface area contributed by atoms with Crippen molar-refractivity contribution >= 4 is 11.8 Å². The van der Waals surface area contributed by atoms with Crippen LogP contribution < -0.4 is 5.32 Å². The zero-order valence-electron chi connectivity index (χ0n) is 8.96. The van der Waals surface area contributed by atoms with Gasteiger partial charge in [0.2, 0.25) is 0 Å². The van der Waals surface area contributed by atoms with E-state index in [-0.39, 0.29) is 5.92 Å². The molecule has 0 aliphatic heterocycles. The average molecular weight is 212 g/mol. The van der Waals surface area contributed by atoms with E-state index in [0.717, 1.165) is 13.0 Å². The molecule has 2 unspecified atom stereocenters. The third-order valence-corrected chi connectivity index (χ3v) is 3.74. The van der Waals surface area contributed by atoms with Gasteiger partial charge in [0.1, 0.15) is 0 Å². The van der Waals surface area contributed by atoms with E-state index in [1.807, 2.05) is 11.8 Å². The van der Waals surface area contributed by atoms with Gasteiger partial charge in [-0.15, -0.1) is 0 Å². The zero-order chi connectivity index (χ0) is 10.2. The Hall–Kier alpha value is -0.200. The van der Waals surface area contributed by atoms with Crippen LogP contribution in [0.3, 0.4) is 0 Å². The van der Waals surface area contributed by atoms with Gasteiger partial charge in [0, 0.05) is 6.04 Å². The van der Waals surface area contributed by atoms with Gasteiger partial charge in [-0.25, -0.2) is 0 Å². The second-order valence-electron chi connectivity index (χ2n) is 3.78. The van der Waals surface area contributed by atoms with Gasteiger partial charge in [-0.1, -0.05) is 13.3 Å². The highest BCUT2D eigenvalue weighted by molar-refractivity contribution is 7.99. The molecule has 0 aromatic heterocycles. The van der Waals surface area contributed by atoms with Gasteiger partial charge in [-0.05, 0) is 37.3 Å². The summed E-state index contributed by atoms with van der Waals surface area (Å²) in [6, 6.07) is 2.88. The Morgan fingerprint density at radius 2 is 2.36 bits per heavy atom. The van der Waals surface area contributed by atoms with E-state index in [1.165, 1.54) is 30.8 Å². The van der Waals surface area contributed by atoms with E-state index >= 15 is 0 Å². The van der Waals surface area contributed by atoms with Crippen LogP contribution in [0.2, 0.25) is 0 Å². The molecule has 1 aliphatic carbocycles. The summed E-state index contributed by atoms with van der Waals surface area (Å²) in [6.07, 6.45) is 4.74. The molecule has 2 nitrogen and oxygen atoms in total. The maximum Gasteiger partial charge on any atom is 0.0672 e. The first-order valence-corrected chi connectivity index (χ1v) is 6.74. The van der Waals surface area contributed by atoms with Crippen molar-refractivity contribution in [1.82, 2.24) is 5.32 Å². The Morgan fingerprint density at radius 3 is 3.07 bits per heavy atom. The minimum atomic E-state index is 0.272. The van der Waals surface area contributed by atoms with E-state index in [2.05, 4.69) is 18.3 Å². The summed E-state index contributed by atoms with van der Waals surface area (Å²) in [4.78, 5) is 0. The van der Waals surface area contributed by atoms with Gasteiger partial charge in [0.15, 0.2) is 0 Å². The lowest BCUT2D eigenvalue weighted by Gasteiger charge is -2.14. The third-order valence-electron chi connectivity index (χ3n) is 2.76. The molecule has 0 aromatic rings. The number of nitrogens with zero attached hydrogens (tertiary/aromatic N) is 1. The number of rotatable bonds is 6. The van der Waals surface area contributed by atoms with Crippen molar-refractivity contribution in [3.05, 3.63) is 0 Å². The summed E-state index contributed by atoms with van der Waals surface area (Å²) < 4.78 is 0. The van der Waals surface area contributed by atoms with Crippen LogP contribution in [0.15, 0.2) is 0 Å². The average Bonchev–Trinajstić information content (AvgIpc) is 2.65. The van der Waals surface area contributed by atoms with Crippen LogP contribution in [-0.4, -0.2) is 24.1 Å². The van der Waals surface area contributed by atoms with Crippen molar-refractivity contribution in [2.24, 2.45) is 5.92 Å². The lowest BCUT2D eigenvalue weighted by molar-refractivity contribution is 0.466. The largest absolute Gasteiger partial charge is 0.313 e. The number of nitrogens with one attached hydrogen (secondary N) is 1. The fourth-order valence-electron chi connectivity index (χ4n) is 1.96. The van der Waals surface area contributed by atoms with Crippen LogP contribution in [0.25, 0.3) is 0 Å². The topological polar surface area (TPSA) is 35.8 Å². The van der Waals surface area contributed by atoms with Crippen molar-refractivity contribution in [3.8, 4) is 6.07 Å². The molecule has 1 N–H and O–H groups in total. The Bertz CT molecular complexity index is 188. The predicted octanol–water partition coefficient (Wildman–Crippen LogP) is 2.41. The molecule has 14 heavy (non-hydrogen) atoms. The van der Waals surface area contributed by atoms with E-state index in [0.29, 0.717) is 6.04 Å². The molecule has 0 saturated heterocycles. The molecule has 1 saturated carbocycles. The number of hydrogen-bond donors (Lipinski definition) is 1. The van der Waals surface area contributed by atoms with Crippen LogP contribution in [0.4, 0.5) is 0 Å². The van der Waals surface area contributed by atoms with Gasteiger partial charge in [0.25, 0.3) is 0 Å². The van der Waals surface area contributed by atoms with Gasteiger partial charge in [-0.2, -0.15) is 17.0 Å². The van der Waals surface area contributed by atoms with Crippen LogP contribution in [0, 0.1) is 17.2 Å². The molecule has 0 heterocycles. The van der Waals surface area contributed by atoms with E-state index in [1.54, 1.807) is 0 Å². The molecule has 0 bridgehead atoms. The molecular formula is C11H20N2S. The van der Waals surface area contributed by atoms with Crippen LogP contribution in [0.5, 0.6) is 0 Å². The van der Waals surface area contributed by atoms with E-state index in [9.17, 15) is 0 Å². The number of thioether (sulfide) groups is 1. The molecule has 1 aliphatic rings. The molecular weight excluding hydrogens is 192 g/mol. The van der Waals surface area contributed by atoms with Crippen molar-refractivity contribution in [3.63, 3.8) is 0 Å². The van der Waals surface area contributed by atoms with Crippen molar-refractivity contribution in [2.75, 3.05) is 18.1 Å². The number of nitriles is 1. The molecule has 0 amide bonds. The second-order valence-corrected chi connectivity index (χ2v) is 5.17. The van der Waals surface area contributed by atoms with Crippen molar-refractivity contribution < 1.29 is 0 Å². The zero-order valence-corrected chi connectivity index (χ0v) is 9.78. The van der Waals surface area contributed by atoms with Gasteiger partial charge in [-0.3, -0.25) is 0 Å². The van der Waals surface area contributed by atoms with Crippen molar-refractivity contribution in [2.45, 2.75) is 38.6 Å². The molecule has 1 rings (SSSR count). The molecule has 1 fully saturated rings. The highest BCUT2D eigenvalue weighted by Crippen LogP contribution is 2.24. The predicted molar refractivity (Wildman–Crippen MR) is 62.4 cm³/mol. The quantitative estimate of drug-likeness (QED) is 0.687. The maximum atomic E-state index is 8.88. The van der Waals surface area contributed by atoms with Crippen LogP contribution in [-0.2, 0) is 0 Å². The SMILES string of the molecule is CCSCCCNC1CCCC1C#N. The monoisotopic (exact) mass is 212 g/mol. The van der Waals surface area contributed by atoms with Gasteiger partial charge >= 0.3 is 0 Å². The first-order chi connectivity index (χ1) is 6.88. The lowest BCUT2D eigenvalue weighted by Crippen LogP contribution is -2.32. The highest BCUT2D eigenvalue weighted by atomic mass is 32.2. The molecule has 3 heteroatoms. The van der Waals surface area contributed by atoms with E-state index in [4.69, 9.17) is 5.26 Å². The minimum absolute atomic E-state index is 0.272. The van der Waals surface area contributed by atoms with Gasteiger partial charge < -0.3 is 5.32 Å². The third kappa shape index (κ3) is 3.89. The number of hydrogen-bond acceptors (Lipinski definition) is 3. The molecule has 0 spiro atoms. The first-order valence-electron chi connectivity index (χ1n) is 5.59. The summed E-state index contributed by atoms with van der Waals surface area (Å²) in [5.74, 6) is 2.73. The Kier molecular flexibility index (Phi) is 6.05. The fraction of sp³-hybridized carbons (Fsp3) is 0.909. The Labute approximate surface area is 91.4 Å². The summed E-state index contributed by atoms with van der Waals surface area (Å²) in [5, 5.41) is 12.4. The molecule has 0 radical (unpaired) electrons. The maximum absolute atomic E-state index is 8.88. The van der Waals surface area contributed by atoms with Crippen LogP contribution >= 0.6 is 11.8 Å². The standard InChI is InChI=1S/C11H20N2S/c1-2-14-8-4-7-13-11-6-3-5-10(11)9-12/h10-11,13H,2-8H2,1H3. The minimum Gasteiger partial charge on any atom is -0.313 e. The highest BCUT2D eigenvalue weighted by Gasteiger charge is 2.25. The fourth-order valence-corrected chi connectivity index (χ4v) is 2.60. The lowest BCUT2D eigenvalue weighted by atomic mass is 10.1. The summed E-state index contributed by atoms with van der Waals surface area (Å²) in [6.45, 7) is 3.27. The smallest absolute Gasteiger partial charge is 0.0672 e. The summed E-state index contributed by atoms with van der Waals surface area (Å²) in [5.41, 5.74) is 0. The first kappa shape index (κ1) is 11.9. The Morgan fingerprint density at radius 1 is 1.50 bits per heavy atom. The summed E-state index contributed by atoms with van der Waals surface area (Å²) in [7, 11) is 0. The second kappa shape index (κ2) is 7.14. The van der Waals surface area contributed by atoms with Crippen LogP contribution in [0.1, 0.15) is 32.6 Å². The van der Waals surface area contributed by atoms with E-state index < -0.39 is 0 Å². The molecule has 80 valence electrons. The van der Waals surface area contributed by atoms with Gasteiger partial charge in [0.05, 0.1) is 12.0 Å².